The first kappa shape index (κ1) is 31.1. The second-order valence-corrected chi connectivity index (χ2v) is 12.3. The number of ether oxygens (including phenoxy) is 1. The standard InChI is InChI=1S/C24H20F6N3O5PS2/c1-22(31,12-38-39(34,35)36)21-33-32-20(41-21)14-7-8-18(17(9-14)23(25,26)27)37-11-15-10-16(13-5-3-2-4-6-13)19(40-15)24(28,29)30/h2-10H,11-12,31H2,1H3,(H2,34,35,36). The van der Waals surface area contributed by atoms with Gasteiger partial charge in [0.15, 0.2) is 0 Å². The molecule has 41 heavy (non-hydrogen) atoms. The van der Waals surface area contributed by atoms with Crippen molar-refractivity contribution in [2.45, 2.75) is 31.4 Å². The highest BCUT2D eigenvalue weighted by Gasteiger charge is 2.38. The lowest BCUT2D eigenvalue weighted by molar-refractivity contribution is -0.139. The van der Waals surface area contributed by atoms with Crippen LogP contribution in [0.3, 0.4) is 0 Å². The molecule has 220 valence electrons. The van der Waals surface area contributed by atoms with Crippen LogP contribution >= 0.6 is 30.5 Å². The van der Waals surface area contributed by atoms with Crippen LogP contribution in [0.15, 0.2) is 54.6 Å². The van der Waals surface area contributed by atoms with Gasteiger partial charge in [0.1, 0.15) is 27.2 Å². The first-order valence-electron chi connectivity index (χ1n) is 11.4. The van der Waals surface area contributed by atoms with Crippen LogP contribution in [0.25, 0.3) is 21.7 Å². The second-order valence-electron chi connectivity index (χ2n) is 8.91. The molecule has 2 aromatic heterocycles. The predicted molar refractivity (Wildman–Crippen MR) is 139 cm³/mol. The summed E-state index contributed by atoms with van der Waals surface area (Å²) in [6.07, 6.45) is -9.56. The van der Waals surface area contributed by atoms with E-state index in [1.807, 2.05) is 0 Å². The Morgan fingerprint density at radius 3 is 2.22 bits per heavy atom. The van der Waals surface area contributed by atoms with E-state index in [0.717, 1.165) is 23.5 Å². The zero-order valence-electron chi connectivity index (χ0n) is 20.7. The number of hydrogen-bond acceptors (Lipinski definition) is 8. The van der Waals surface area contributed by atoms with E-state index < -0.39 is 55.1 Å². The van der Waals surface area contributed by atoms with Crippen molar-refractivity contribution in [1.82, 2.24) is 10.2 Å². The smallest absolute Gasteiger partial charge is 0.469 e. The Kier molecular flexibility index (Phi) is 8.67. The number of rotatable bonds is 9. The van der Waals surface area contributed by atoms with Gasteiger partial charge in [0.2, 0.25) is 0 Å². The summed E-state index contributed by atoms with van der Waals surface area (Å²) in [7, 11) is -4.84. The Morgan fingerprint density at radius 1 is 0.927 bits per heavy atom. The summed E-state index contributed by atoms with van der Waals surface area (Å²) in [5.41, 5.74) is 3.49. The summed E-state index contributed by atoms with van der Waals surface area (Å²) >= 11 is 1.18. The van der Waals surface area contributed by atoms with Gasteiger partial charge in [0, 0.05) is 16.0 Å². The molecule has 0 aliphatic heterocycles. The van der Waals surface area contributed by atoms with Gasteiger partial charge in [0.05, 0.1) is 17.7 Å². The summed E-state index contributed by atoms with van der Waals surface area (Å²) in [5, 5.41) is 7.71. The third-order valence-electron chi connectivity index (χ3n) is 5.47. The van der Waals surface area contributed by atoms with Crippen molar-refractivity contribution in [3.63, 3.8) is 0 Å². The molecule has 0 saturated carbocycles. The number of phosphoric acid groups is 1. The Bertz CT molecular complexity index is 1570. The normalized spacial score (nSPS) is 14.2. The zero-order valence-corrected chi connectivity index (χ0v) is 23.3. The number of alkyl halides is 6. The summed E-state index contributed by atoms with van der Waals surface area (Å²) in [6, 6.07) is 12.1. The quantitative estimate of drug-likeness (QED) is 0.134. The number of nitrogens with two attached hydrogens (primary N) is 1. The van der Waals surface area contributed by atoms with Crippen LogP contribution < -0.4 is 10.5 Å². The molecule has 0 saturated heterocycles. The molecule has 0 amide bonds. The molecule has 8 nitrogen and oxygen atoms in total. The van der Waals surface area contributed by atoms with E-state index in [0.29, 0.717) is 16.9 Å². The van der Waals surface area contributed by atoms with Gasteiger partial charge in [-0.3, -0.25) is 4.52 Å². The maximum atomic E-state index is 14.0. The fraction of sp³-hybridized carbons (Fsp3) is 0.250. The van der Waals surface area contributed by atoms with Crippen LogP contribution in [-0.2, 0) is 33.6 Å². The minimum absolute atomic E-state index is 0.0121. The maximum absolute atomic E-state index is 14.0. The van der Waals surface area contributed by atoms with Crippen molar-refractivity contribution in [2.24, 2.45) is 5.73 Å². The summed E-state index contributed by atoms with van der Waals surface area (Å²) in [5.74, 6) is -0.604. The van der Waals surface area contributed by atoms with Crippen LogP contribution in [0, 0.1) is 0 Å². The van der Waals surface area contributed by atoms with Gasteiger partial charge >= 0.3 is 20.2 Å². The van der Waals surface area contributed by atoms with Gasteiger partial charge in [-0.05, 0) is 36.8 Å². The molecular weight excluding hydrogens is 619 g/mol. The van der Waals surface area contributed by atoms with Gasteiger partial charge in [-0.1, -0.05) is 41.7 Å². The fourth-order valence-corrected chi connectivity index (χ4v) is 5.84. The van der Waals surface area contributed by atoms with Crippen LogP contribution in [0.1, 0.15) is 27.2 Å². The minimum atomic E-state index is -4.89. The number of halogens is 6. The second kappa shape index (κ2) is 11.4. The lowest BCUT2D eigenvalue weighted by Gasteiger charge is -2.21. The molecule has 0 aliphatic rings. The largest absolute Gasteiger partial charge is 0.487 e. The van der Waals surface area contributed by atoms with Crippen molar-refractivity contribution in [2.75, 3.05) is 6.61 Å². The zero-order chi connectivity index (χ0) is 30.2. The van der Waals surface area contributed by atoms with E-state index in [1.165, 1.54) is 31.2 Å². The highest BCUT2D eigenvalue weighted by atomic mass is 32.1. The van der Waals surface area contributed by atoms with Crippen molar-refractivity contribution in [3.05, 3.63) is 74.9 Å². The van der Waals surface area contributed by atoms with Crippen LogP contribution in [0.5, 0.6) is 5.75 Å². The predicted octanol–water partition coefficient (Wildman–Crippen LogP) is 6.83. The molecule has 0 spiro atoms. The molecular formula is C24H20F6N3O5PS2. The number of aromatic nitrogens is 2. The Morgan fingerprint density at radius 2 is 1.61 bits per heavy atom. The molecule has 4 aromatic rings. The maximum Gasteiger partial charge on any atom is 0.469 e. The van der Waals surface area contributed by atoms with Crippen molar-refractivity contribution >= 4 is 30.5 Å². The van der Waals surface area contributed by atoms with Crippen LogP contribution in [0.4, 0.5) is 26.3 Å². The molecule has 0 aliphatic carbocycles. The number of nitrogens with zero attached hydrogens (tertiary/aromatic N) is 2. The summed E-state index contributed by atoms with van der Waals surface area (Å²) in [6.45, 7) is 0.164. The van der Waals surface area contributed by atoms with E-state index in [9.17, 15) is 30.9 Å². The van der Waals surface area contributed by atoms with Crippen molar-refractivity contribution < 1.29 is 50.0 Å². The van der Waals surface area contributed by atoms with Crippen LogP contribution in [0.2, 0.25) is 0 Å². The summed E-state index contributed by atoms with van der Waals surface area (Å²) in [4.78, 5) is 17.0. The number of hydrogen-bond donors (Lipinski definition) is 3. The third kappa shape index (κ3) is 7.71. The monoisotopic (exact) mass is 639 g/mol. The molecule has 2 heterocycles. The molecule has 0 fully saturated rings. The van der Waals surface area contributed by atoms with E-state index in [4.69, 9.17) is 20.3 Å². The average molecular weight is 640 g/mol. The Labute approximate surface area is 236 Å². The SMILES string of the molecule is CC(N)(COP(=O)(O)O)c1nnc(-c2ccc(OCc3cc(-c4ccccc4)c(C(F)(F)F)s3)c(C(F)(F)F)c2)s1. The lowest BCUT2D eigenvalue weighted by atomic mass is 10.1. The minimum Gasteiger partial charge on any atom is -0.487 e. The molecule has 2 aromatic carbocycles. The number of phosphoric ester groups is 1. The van der Waals surface area contributed by atoms with Gasteiger partial charge in [-0.25, -0.2) is 4.57 Å². The van der Waals surface area contributed by atoms with Gasteiger partial charge in [0.25, 0.3) is 0 Å². The average Bonchev–Trinajstić information content (AvgIpc) is 3.54. The third-order valence-corrected chi connectivity index (χ3v) is 8.34. The summed E-state index contributed by atoms with van der Waals surface area (Å²) < 4.78 is 104. The molecule has 1 unspecified atom stereocenters. The van der Waals surface area contributed by atoms with E-state index in [1.54, 1.807) is 18.2 Å². The molecule has 0 radical (unpaired) electrons. The van der Waals surface area contributed by atoms with E-state index in [-0.39, 0.29) is 26.0 Å². The van der Waals surface area contributed by atoms with Crippen molar-refractivity contribution in [1.29, 1.82) is 0 Å². The fourth-order valence-electron chi connectivity index (χ4n) is 3.57. The van der Waals surface area contributed by atoms with E-state index in [2.05, 4.69) is 14.7 Å². The van der Waals surface area contributed by atoms with Gasteiger partial charge in [-0.15, -0.1) is 21.5 Å². The first-order chi connectivity index (χ1) is 18.9. The number of benzene rings is 2. The first-order valence-corrected chi connectivity index (χ1v) is 14.5. The topological polar surface area (TPSA) is 128 Å². The van der Waals surface area contributed by atoms with Crippen molar-refractivity contribution in [3.8, 4) is 27.4 Å². The van der Waals surface area contributed by atoms with Gasteiger partial charge in [-0.2, -0.15) is 26.3 Å². The molecule has 4 N–H and O–H groups in total. The van der Waals surface area contributed by atoms with Crippen LogP contribution in [-0.4, -0.2) is 26.6 Å². The molecule has 4 rings (SSSR count). The number of thiophene rings is 1. The Balaban J connectivity index is 1.59. The van der Waals surface area contributed by atoms with Gasteiger partial charge < -0.3 is 20.3 Å². The van der Waals surface area contributed by atoms with E-state index >= 15 is 0 Å². The highest BCUT2D eigenvalue weighted by Crippen LogP contribution is 2.44. The molecule has 17 heteroatoms. The molecule has 1 atom stereocenters. The lowest BCUT2D eigenvalue weighted by Crippen LogP contribution is -2.37. The highest BCUT2D eigenvalue weighted by molar-refractivity contribution is 7.46. The molecule has 0 bridgehead atoms. The Hall–Kier alpha value is -2.85.